The lowest BCUT2D eigenvalue weighted by Crippen LogP contribution is -2.62. The molecule has 11 nitrogen and oxygen atoms in total. The molecule has 0 radical (unpaired) electrons. The molecule has 9 atom stereocenters. The fraction of sp³-hybridized carbons (Fsp3) is 0.692. The van der Waals surface area contributed by atoms with Crippen LogP contribution in [0.3, 0.4) is 0 Å². The number of allylic oxidation sites excluding steroid dienone is 2. The maximum Gasteiger partial charge on any atom is 0.333 e. The summed E-state index contributed by atoms with van der Waals surface area (Å²) in [6.45, 7) is 4.59. The predicted octanol–water partition coefficient (Wildman–Crippen LogP) is 0.235. The second-order valence-electron chi connectivity index (χ2n) is 10.0. The Kier molecular flexibility index (Phi) is 10.0. The molecule has 208 valence electrons. The lowest BCUT2D eigenvalue weighted by Gasteiger charge is -2.45. The van der Waals surface area contributed by atoms with Crippen LogP contribution in [0.25, 0.3) is 0 Å². The zero-order valence-corrected chi connectivity index (χ0v) is 21.4. The zero-order valence-electron chi connectivity index (χ0n) is 21.4. The van der Waals surface area contributed by atoms with Gasteiger partial charge in [-0.15, -0.1) is 0 Å². The molecule has 3 rings (SSSR count). The third kappa shape index (κ3) is 6.31. The third-order valence-electron chi connectivity index (χ3n) is 7.48. The molecule has 3 aliphatic rings. The van der Waals surface area contributed by atoms with E-state index in [1.165, 1.54) is 0 Å². The molecule has 2 heterocycles. The molecule has 0 aromatic heterocycles. The Labute approximate surface area is 216 Å². The zero-order chi connectivity index (χ0) is 27.3. The molecule has 37 heavy (non-hydrogen) atoms. The van der Waals surface area contributed by atoms with Crippen LogP contribution in [0.15, 0.2) is 35.1 Å². The third-order valence-corrected chi connectivity index (χ3v) is 7.48. The molecule has 0 amide bonds. The van der Waals surface area contributed by atoms with E-state index in [-0.39, 0.29) is 23.7 Å². The molecule has 2 fully saturated rings. The van der Waals surface area contributed by atoms with Crippen molar-refractivity contribution in [3.63, 3.8) is 0 Å². The predicted molar refractivity (Wildman–Crippen MR) is 128 cm³/mol. The summed E-state index contributed by atoms with van der Waals surface area (Å²) in [7, 11) is 0. The summed E-state index contributed by atoms with van der Waals surface area (Å²) >= 11 is 0. The maximum atomic E-state index is 12.8. The maximum absolute atomic E-state index is 12.8. The van der Waals surface area contributed by atoms with Gasteiger partial charge in [0.1, 0.15) is 23.9 Å². The summed E-state index contributed by atoms with van der Waals surface area (Å²) in [5.74, 6) is -1.51. The number of fused-ring (bicyclic) bond motifs is 1. The molecule has 5 N–H and O–H groups in total. The highest BCUT2D eigenvalue weighted by molar-refractivity contribution is 5.87. The van der Waals surface area contributed by atoms with Gasteiger partial charge in [0.2, 0.25) is 12.6 Å². The number of carbonyl (C=O) groups is 2. The van der Waals surface area contributed by atoms with Crippen LogP contribution < -0.4 is 0 Å². The van der Waals surface area contributed by atoms with E-state index in [9.17, 15) is 30.0 Å². The van der Waals surface area contributed by atoms with Crippen molar-refractivity contribution < 1.29 is 54.1 Å². The average Bonchev–Trinajstić information content (AvgIpc) is 3.18. The minimum atomic E-state index is -1.65. The second kappa shape index (κ2) is 12.6. The van der Waals surface area contributed by atoms with Crippen LogP contribution in [0.2, 0.25) is 0 Å². The first-order chi connectivity index (χ1) is 17.6. The topological polar surface area (TPSA) is 172 Å². The molecule has 2 unspecified atom stereocenters. The molecule has 1 saturated carbocycles. The number of esters is 1. The van der Waals surface area contributed by atoms with E-state index in [4.69, 9.17) is 24.1 Å². The molecule has 0 aromatic carbocycles. The highest BCUT2D eigenvalue weighted by Crippen LogP contribution is 2.49. The minimum absolute atomic E-state index is 0.0668. The van der Waals surface area contributed by atoms with Crippen molar-refractivity contribution in [2.45, 2.75) is 89.1 Å². The van der Waals surface area contributed by atoms with Crippen molar-refractivity contribution >= 4 is 12.3 Å². The quantitative estimate of drug-likeness (QED) is 0.114. The van der Waals surface area contributed by atoms with Gasteiger partial charge in [0.05, 0.1) is 31.0 Å². The van der Waals surface area contributed by atoms with Gasteiger partial charge in [-0.1, -0.05) is 24.6 Å². The second-order valence-corrected chi connectivity index (χ2v) is 10.0. The van der Waals surface area contributed by atoms with Crippen LogP contribution in [-0.4, -0.2) is 93.6 Å². The van der Waals surface area contributed by atoms with Gasteiger partial charge in [-0.3, -0.25) is 4.79 Å². The van der Waals surface area contributed by atoms with Gasteiger partial charge in [-0.2, -0.15) is 0 Å². The van der Waals surface area contributed by atoms with Crippen LogP contribution in [0, 0.1) is 11.8 Å². The Morgan fingerprint density at radius 3 is 2.57 bits per heavy atom. The van der Waals surface area contributed by atoms with E-state index < -0.39 is 61.1 Å². The fourth-order valence-corrected chi connectivity index (χ4v) is 5.17. The highest BCUT2D eigenvalue weighted by Gasteiger charge is 2.57. The first-order valence-corrected chi connectivity index (χ1v) is 12.5. The average molecular weight is 527 g/mol. The van der Waals surface area contributed by atoms with Crippen molar-refractivity contribution in [1.82, 2.24) is 0 Å². The number of aliphatic hydroxyl groups is 5. The van der Waals surface area contributed by atoms with Crippen molar-refractivity contribution in [2.75, 3.05) is 13.2 Å². The van der Waals surface area contributed by atoms with Crippen LogP contribution in [0.1, 0.15) is 46.5 Å². The summed E-state index contributed by atoms with van der Waals surface area (Å²) in [5, 5.41) is 51.0. The van der Waals surface area contributed by atoms with Gasteiger partial charge in [-0.05, 0) is 45.4 Å². The number of aliphatic hydroxyl groups excluding tert-OH is 4. The van der Waals surface area contributed by atoms with Crippen molar-refractivity contribution in [2.24, 2.45) is 11.8 Å². The van der Waals surface area contributed by atoms with E-state index in [0.717, 1.165) is 11.8 Å². The number of ether oxygens (including phenoxy) is 4. The SMILES string of the molecule is C/C(=C\CO)CC/C=C(\C)C(=O)O[C@H]1[C@H](O[C@@H]2OC=C(C=O)[C@@]3(O)CCC(C)C23)O[C@H](CO)[C@@H](O)[C@@H]1O. The molecular formula is C26H38O11. The van der Waals surface area contributed by atoms with Gasteiger partial charge < -0.3 is 44.5 Å². The highest BCUT2D eigenvalue weighted by atomic mass is 16.8. The van der Waals surface area contributed by atoms with Crippen LogP contribution in [0.4, 0.5) is 0 Å². The number of hydrogen-bond donors (Lipinski definition) is 5. The van der Waals surface area contributed by atoms with Gasteiger partial charge >= 0.3 is 5.97 Å². The van der Waals surface area contributed by atoms with Crippen molar-refractivity contribution in [3.8, 4) is 0 Å². The number of hydrogen-bond acceptors (Lipinski definition) is 11. The number of rotatable bonds is 10. The largest absolute Gasteiger partial charge is 0.471 e. The first kappa shape index (κ1) is 29.4. The molecule has 0 bridgehead atoms. The van der Waals surface area contributed by atoms with Crippen molar-refractivity contribution in [1.29, 1.82) is 0 Å². The Bertz CT molecular complexity index is 912. The summed E-state index contributed by atoms with van der Waals surface area (Å²) in [6.07, 6.45) is -1.39. The standard InChI is InChI=1S/C26H38O11/c1-14(8-10-27)5-4-6-16(3)23(32)36-22-21(31)20(30)18(12-29)35-25(22)37-24-19-15(2)7-9-26(19,33)17(11-28)13-34-24/h6,8,11,13,15,18-22,24-25,27,29-31,33H,4-5,7,9-10,12H2,1-3H3/b14-8+,16-6+/t15?,18-,19?,20-,21+,22-,24+,25+,26+/m1/s1. The lowest BCUT2D eigenvalue weighted by atomic mass is 9.80. The molecule has 1 saturated heterocycles. The summed E-state index contributed by atoms with van der Waals surface area (Å²) in [5.41, 5.74) is -0.153. The Hall–Kier alpha value is -2.12. The van der Waals surface area contributed by atoms with Gasteiger partial charge in [0.15, 0.2) is 12.4 Å². The van der Waals surface area contributed by atoms with E-state index >= 15 is 0 Å². The summed E-state index contributed by atoms with van der Waals surface area (Å²) in [6, 6.07) is 0. The number of aldehydes is 1. The van der Waals surface area contributed by atoms with Crippen molar-refractivity contribution in [3.05, 3.63) is 35.1 Å². The molecule has 1 aliphatic carbocycles. The first-order valence-electron chi connectivity index (χ1n) is 12.5. The van der Waals surface area contributed by atoms with E-state index in [2.05, 4.69) is 0 Å². The Morgan fingerprint density at radius 2 is 1.92 bits per heavy atom. The Balaban J connectivity index is 1.78. The van der Waals surface area contributed by atoms with E-state index in [0.29, 0.717) is 32.0 Å². The van der Waals surface area contributed by atoms with E-state index in [1.807, 2.05) is 13.8 Å². The van der Waals surface area contributed by atoms with Gasteiger partial charge in [0, 0.05) is 5.57 Å². The summed E-state index contributed by atoms with van der Waals surface area (Å²) in [4.78, 5) is 24.3. The smallest absolute Gasteiger partial charge is 0.333 e. The fourth-order valence-electron chi connectivity index (χ4n) is 5.17. The minimum Gasteiger partial charge on any atom is -0.471 e. The molecule has 0 spiro atoms. The number of carbonyl (C=O) groups excluding carboxylic acids is 2. The Morgan fingerprint density at radius 1 is 1.19 bits per heavy atom. The van der Waals surface area contributed by atoms with Gasteiger partial charge in [-0.25, -0.2) is 4.79 Å². The molecule has 11 heteroatoms. The normalized spacial score (nSPS) is 38.4. The lowest BCUT2D eigenvalue weighted by molar-refractivity contribution is -0.347. The molecule has 0 aromatic rings. The monoisotopic (exact) mass is 526 g/mol. The summed E-state index contributed by atoms with van der Waals surface area (Å²) < 4.78 is 22.8. The van der Waals surface area contributed by atoms with Crippen LogP contribution >= 0.6 is 0 Å². The van der Waals surface area contributed by atoms with Crippen LogP contribution in [0.5, 0.6) is 0 Å². The van der Waals surface area contributed by atoms with E-state index in [1.54, 1.807) is 19.1 Å². The molecular weight excluding hydrogens is 488 g/mol. The van der Waals surface area contributed by atoms with Crippen LogP contribution in [-0.2, 0) is 28.5 Å². The molecule has 2 aliphatic heterocycles. The van der Waals surface area contributed by atoms with Gasteiger partial charge in [0.25, 0.3) is 0 Å².